The molecule has 6 heteroatoms. The number of amides is 1. The molecule has 0 bridgehead atoms. The summed E-state index contributed by atoms with van der Waals surface area (Å²) >= 11 is 10.7. The highest BCUT2D eigenvalue weighted by Gasteiger charge is 2.12. The molecule has 0 fully saturated rings. The van der Waals surface area contributed by atoms with Crippen LogP contribution in [0, 0.1) is 0 Å². The average Bonchev–Trinajstić information content (AvgIpc) is 2.69. The molecule has 1 N–H and O–H groups in total. The molecule has 0 aliphatic rings. The van der Waals surface area contributed by atoms with Crippen LogP contribution in [-0.2, 0) is 0 Å². The lowest BCUT2D eigenvalue weighted by molar-refractivity contribution is 0.102. The maximum atomic E-state index is 12.5. The first-order valence-corrected chi connectivity index (χ1v) is 9.05. The summed E-state index contributed by atoms with van der Waals surface area (Å²) in [5.41, 5.74) is 4.06. The highest BCUT2D eigenvalue weighted by atomic mass is 35.5. The first-order chi connectivity index (χ1) is 13.1. The minimum atomic E-state index is -0.238. The Morgan fingerprint density at radius 1 is 0.963 bits per heavy atom. The number of nitrogens with one attached hydrogen (secondary N) is 1. The first-order valence-electron chi connectivity index (χ1n) is 8.23. The van der Waals surface area contributed by atoms with Crippen molar-refractivity contribution >= 4 is 46.9 Å². The second-order valence-electron chi connectivity index (χ2n) is 5.91. The number of fused-ring (bicyclic) bond motifs is 1. The standard InChI is InChI=1S/C21H14ClN3OS/c22-16-10-9-13(24-21(26)14-5-1-4-8-20(14)27)11-15(16)19-12-23-17-6-2-3-7-18(17)25-19/h1-12,27H,(H,24,26). The minimum absolute atomic E-state index is 0.238. The monoisotopic (exact) mass is 391 g/mol. The quantitative estimate of drug-likeness (QED) is 0.454. The van der Waals surface area contributed by atoms with Crippen molar-refractivity contribution < 1.29 is 4.79 Å². The van der Waals surface area contributed by atoms with Gasteiger partial charge >= 0.3 is 0 Å². The highest BCUT2D eigenvalue weighted by Crippen LogP contribution is 2.30. The molecule has 0 atom stereocenters. The topological polar surface area (TPSA) is 54.9 Å². The van der Waals surface area contributed by atoms with Crippen LogP contribution in [0.5, 0.6) is 0 Å². The molecule has 132 valence electrons. The van der Waals surface area contributed by atoms with Crippen molar-refractivity contribution in [2.24, 2.45) is 0 Å². The van der Waals surface area contributed by atoms with Gasteiger partial charge in [0.05, 0.1) is 33.5 Å². The van der Waals surface area contributed by atoms with Crippen LogP contribution in [-0.4, -0.2) is 15.9 Å². The van der Waals surface area contributed by atoms with Crippen molar-refractivity contribution in [3.8, 4) is 11.3 Å². The number of rotatable bonds is 3. The lowest BCUT2D eigenvalue weighted by atomic mass is 10.1. The number of carbonyl (C=O) groups is 1. The third-order valence-corrected chi connectivity index (χ3v) is 4.82. The molecule has 4 aromatic rings. The van der Waals surface area contributed by atoms with Gasteiger partial charge < -0.3 is 5.32 Å². The van der Waals surface area contributed by atoms with Gasteiger partial charge in [0, 0.05) is 16.1 Å². The molecule has 4 nitrogen and oxygen atoms in total. The lowest BCUT2D eigenvalue weighted by Crippen LogP contribution is -2.12. The van der Waals surface area contributed by atoms with Crippen molar-refractivity contribution in [1.29, 1.82) is 0 Å². The zero-order chi connectivity index (χ0) is 18.8. The summed E-state index contributed by atoms with van der Waals surface area (Å²) in [6.07, 6.45) is 1.68. The largest absolute Gasteiger partial charge is 0.322 e. The molecule has 0 unspecified atom stereocenters. The lowest BCUT2D eigenvalue weighted by Gasteiger charge is -2.10. The predicted molar refractivity (Wildman–Crippen MR) is 112 cm³/mol. The van der Waals surface area contributed by atoms with Gasteiger partial charge in [0.1, 0.15) is 0 Å². The Morgan fingerprint density at radius 3 is 2.52 bits per heavy atom. The Morgan fingerprint density at radius 2 is 1.70 bits per heavy atom. The summed E-state index contributed by atoms with van der Waals surface area (Å²) in [4.78, 5) is 22.2. The second kappa shape index (κ2) is 7.39. The van der Waals surface area contributed by atoms with Gasteiger partial charge in [0.15, 0.2) is 0 Å². The number of carbonyl (C=O) groups excluding carboxylic acids is 1. The van der Waals surface area contributed by atoms with Crippen LogP contribution in [0.1, 0.15) is 10.4 Å². The number of benzene rings is 3. The molecule has 0 aliphatic heterocycles. The van der Waals surface area contributed by atoms with Crippen molar-refractivity contribution in [1.82, 2.24) is 9.97 Å². The highest BCUT2D eigenvalue weighted by molar-refractivity contribution is 7.80. The third kappa shape index (κ3) is 3.65. The number of nitrogens with zero attached hydrogens (tertiary/aromatic N) is 2. The molecule has 1 amide bonds. The molecule has 0 saturated heterocycles. The molecular formula is C21H14ClN3OS. The fraction of sp³-hybridized carbons (Fsp3) is 0. The maximum absolute atomic E-state index is 12.5. The molecule has 1 aromatic heterocycles. The van der Waals surface area contributed by atoms with Gasteiger partial charge in [0.25, 0.3) is 5.91 Å². The summed E-state index contributed by atoms with van der Waals surface area (Å²) in [6.45, 7) is 0. The molecular weight excluding hydrogens is 378 g/mol. The zero-order valence-electron chi connectivity index (χ0n) is 14.1. The third-order valence-electron chi connectivity index (χ3n) is 4.10. The van der Waals surface area contributed by atoms with E-state index in [1.54, 1.807) is 42.6 Å². The number of anilines is 1. The zero-order valence-corrected chi connectivity index (χ0v) is 15.7. The molecule has 0 radical (unpaired) electrons. The van der Waals surface area contributed by atoms with Gasteiger partial charge in [-0.3, -0.25) is 9.78 Å². The molecule has 27 heavy (non-hydrogen) atoms. The Labute approximate surface area is 166 Å². The van der Waals surface area contributed by atoms with Gasteiger partial charge in [-0.1, -0.05) is 35.9 Å². The fourth-order valence-electron chi connectivity index (χ4n) is 2.75. The Balaban J connectivity index is 1.68. The summed E-state index contributed by atoms with van der Waals surface area (Å²) < 4.78 is 0. The van der Waals surface area contributed by atoms with E-state index in [4.69, 9.17) is 11.6 Å². The Bertz CT molecular complexity index is 1160. The van der Waals surface area contributed by atoms with Gasteiger partial charge in [0.2, 0.25) is 0 Å². The molecule has 3 aromatic carbocycles. The van der Waals surface area contributed by atoms with Crippen molar-refractivity contribution in [3.05, 3.63) is 83.5 Å². The number of halogens is 1. The molecule has 0 aliphatic carbocycles. The summed E-state index contributed by atoms with van der Waals surface area (Å²) in [7, 11) is 0. The predicted octanol–water partition coefficient (Wildman–Crippen LogP) is 5.49. The molecule has 0 spiro atoms. The molecule has 4 rings (SSSR count). The summed E-state index contributed by atoms with van der Waals surface area (Å²) in [5.74, 6) is -0.238. The minimum Gasteiger partial charge on any atom is -0.322 e. The Kier molecular flexibility index (Phi) is 4.79. The average molecular weight is 392 g/mol. The number of aromatic nitrogens is 2. The van der Waals surface area contributed by atoms with Crippen LogP contribution in [0.2, 0.25) is 5.02 Å². The van der Waals surface area contributed by atoms with E-state index >= 15 is 0 Å². The van der Waals surface area contributed by atoms with Crippen LogP contribution in [0.25, 0.3) is 22.3 Å². The molecule has 1 heterocycles. The Hall–Kier alpha value is -2.89. The van der Waals surface area contributed by atoms with E-state index in [-0.39, 0.29) is 5.91 Å². The van der Waals surface area contributed by atoms with Gasteiger partial charge in [-0.25, -0.2) is 4.98 Å². The van der Waals surface area contributed by atoms with Crippen LogP contribution in [0.15, 0.2) is 77.8 Å². The van der Waals surface area contributed by atoms with Crippen LogP contribution >= 0.6 is 24.2 Å². The number of para-hydroxylation sites is 2. The number of thiol groups is 1. The SMILES string of the molecule is O=C(Nc1ccc(Cl)c(-c2cnc3ccccc3n2)c1)c1ccccc1S. The van der Waals surface area contributed by atoms with Crippen molar-refractivity contribution in [2.45, 2.75) is 4.90 Å². The maximum Gasteiger partial charge on any atom is 0.256 e. The number of hydrogen-bond acceptors (Lipinski definition) is 4. The van der Waals surface area contributed by atoms with Crippen LogP contribution in [0.3, 0.4) is 0 Å². The number of hydrogen-bond donors (Lipinski definition) is 2. The summed E-state index contributed by atoms with van der Waals surface area (Å²) in [6, 6.07) is 20.0. The van der Waals surface area contributed by atoms with E-state index in [0.29, 0.717) is 32.4 Å². The fourth-order valence-corrected chi connectivity index (χ4v) is 3.23. The van der Waals surface area contributed by atoms with E-state index < -0.39 is 0 Å². The van der Waals surface area contributed by atoms with Crippen molar-refractivity contribution in [3.63, 3.8) is 0 Å². The van der Waals surface area contributed by atoms with E-state index in [9.17, 15) is 4.79 Å². The smallest absolute Gasteiger partial charge is 0.256 e. The van der Waals surface area contributed by atoms with Gasteiger partial charge in [-0.15, -0.1) is 12.6 Å². The second-order valence-corrected chi connectivity index (χ2v) is 6.80. The van der Waals surface area contributed by atoms with E-state index in [2.05, 4.69) is 27.9 Å². The van der Waals surface area contributed by atoms with Crippen LogP contribution in [0.4, 0.5) is 5.69 Å². The van der Waals surface area contributed by atoms with Crippen LogP contribution < -0.4 is 5.32 Å². The van der Waals surface area contributed by atoms with Gasteiger partial charge in [-0.05, 0) is 42.5 Å². The summed E-state index contributed by atoms with van der Waals surface area (Å²) in [5, 5.41) is 3.41. The van der Waals surface area contributed by atoms with E-state index in [0.717, 1.165) is 11.0 Å². The first kappa shape index (κ1) is 17.5. The normalized spacial score (nSPS) is 10.7. The molecule has 0 saturated carbocycles. The van der Waals surface area contributed by atoms with Gasteiger partial charge in [-0.2, -0.15) is 0 Å². The van der Waals surface area contributed by atoms with E-state index in [1.165, 1.54) is 0 Å². The van der Waals surface area contributed by atoms with Crippen molar-refractivity contribution in [2.75, 3.05) is 5.32 Å². The van der Waals surface area contributed by atoms with E-state index in [1.807, 2.05) is 30.3 Å².